The molecule has 0 atom stereocenters. The Hall–Kier alpha value is -1.85. The van der Waals surface area contributed by atoms with Crippen molar-refractivity contribution in [3.05, 3.63) is 18.0 Å². The van der Waals surface area contributed by atoms with Crippen molar-refractivity contribution in [1.29, 1.82) is 0 Å². The van der Waals surface area contributed by atoms with Crippen molar-refractivity contribution in [3.63, 3.8) is 0 Å². The van der Waals surface area contributed by atoms with Gasteiger partial charge in [-0.1, -0.05) is 0 Å². The third kappa shape index (κ3) is 3.41. The Morgan fingerprint density at radius 3 is 2.80 bits per heavy atom. The van der Waals surface area contributed by atoms with Gasteiger partial charge in [-0.15, -0.1) is 0 Å². The molecule has 1 aromatic heterocycles. The molecule has 0 saturated heterocycles. The predicted molar refractivity (Wildman–Crippen MR) is 52.5 cm³/mol. The van der Waals surface area contributed by atoms with Crippen molar-refractivity contribution in [1.82, 2.24) is 15.1 Å². The summed E-state index contributed by atoms with van der Waals surface area (Å²) in [5, 5.41) is 14.9. The molecule has 0 saturated carbocycles. The van der Waals surface area contributed by atoms with Gasteiger partial charge in [-0.05, 0) is 13.8 Å². The summed E-state index contributed by atoms with van der Waals surface area (Å²) in [5.41, 5.74) is 0.366. The number of aromatic nitrogens is 2. The smallest absolute Gasteiger partial charge is 0.325 e. The number of nitrogens with zero attached hydrogens (tertiary/aromatic N) is 2. The van der Waals surface area contributed by atoms with E-state index in [0.717, 1.165) is 0 Å². The predicted octanol–water partition coefficient (Wildman–Crippen LogP) is 0.106. The molecule has 0 spiro atoms. The van der Waals surface area contributed by atoms with Crippen LogP contribution in [-0.2, 0) is 11.3 Å². The number of rotatable bonds is 4. The van der Waals surface area contributed by atoms with Crippen LogP contribution in [0.5, 0.6) is 0 Å². The number of hydrogen-bond donors (Lipinski definition) is 2. The highest BCUT2D eigenvalue weighted by atomic mass is 16.4. The summed E-state index contributed by atoms with van der Waals surface area (Å²) in [5.74, 6) is -1.24. The van der Waals surface area contributed by atoms with Crippen LogP contribution >= 0.6 is 0 Å². The molecule has 6 heteroatoms. The van der Waals surface area contributed by atoms with Gasteiger partial charge >= 0.3 is 5.97 Å². The molecule has 6 nitrogen and oxygen atoms in total. The van der Waals surface area contributed by atoms with Crippen LogP contribution in [0.15, 0.2) is 12.4 Å². The van der Waals surface area contributed by atoms with Crippen molar-refractivity contribution in [2.75, 3.05) is 0 Å². The average Bonchev–Trinajstić information content (AvgIpc) is 2.50. The minimum atomic E-state index is -0.992. The van der Waals surface area contributed by atoms with Crippen LogP contribution in [-0.4, -0.2) is 32.8 Å². The summed E-state index contributed by atoms with van der Waals surface area (Å²) in [4.78, 5) is 21.8. The Balaban J connectivity index is 2.67. The highest BCUT2D eigenvalue weighted by Gasteiger charge is 2.10. The number of carboxylic acid groups (broad SMARTS) is 1. The summed E-state index contributed by atoms with van der Waals surface area (Å²) in [6.45, 7) is 3.45. The van der Waals surface area contributed by atoms with Crippen molar-refractivity contribution in [2.24, 2.45) is 0 Å². The first-order valence-electron chi connectivity index (χ1n) is 4.54. The average molecular weight is 211 g/mol. The molecule has 2 N–H and O–H groups in total. The molecule has 1 rings (SSSR count). The third-order valence-electron chi connectivity index (χ3n) is 1.61. The monoisotopic (exact) mass is 211 g/mol. The van der Waals surface area contributed by atoms with Crippen LogP contribution in [0.2, 0.25) is 0 Å². The molecule has 0 aliphatic heterocycles. The van der Waals surface area contributed by atoms with Crippen molar-refractivity contribution >= 4 is 11.9 Å². The Labute approximate surface area is 86.9 Å². The Kier molecular flexibility index (Phi) is 3.43. The van der Waals surface area contributed by atoms with E-state index in [1.807, 2.05) is 13.8 Å². The van der Waals surface area contributed by atoms with Crippen LogP contribution < -0.4 is 5.32 Å². The molecule has 82 valence electrons. The summed E-state index contributed by atoms with van der Waals surface area (Å²) < 4.78 is 1.21. The number of carboxylic acids is 1. The van der Waals surface area contributed by atoms with Gasteiger partial charge in [-0.25, -0.2) is 0 Å². The normalized spacial score (nSPS) is 10.3. The van der Waals surface area contributed by atoms with E-state index in [-0.39, 0.29) is 18.5 Å². The van der Waals surface area contributed by atoms with Gasteiger partial charge in [0.1, 0.15) is 6.54 Å². The highest BCUT2D eigenvalue weighted by Crippen LogP contribution is 1.98. The lowest BCUT2D eigenvalue weighted by Crippen LogP contribution is -2.29. The van der Waals surface area contributed by atoms with E-state index in [0.29, 0.717) is 5.56 Å². The fourth-order valence-electron chi connectivity index (χ4n) is 1.05. The van der Waals surface area contributed by atoms with E-state index in [1.54, 1.807) is 0 Å². The summed E-state index contributed by atoms with van der Waals surface area (Å²) in [6, 6.07) is 0.0420. The first kappa shape index (κ1) is 11.2. The second kappa shape index (κ2) is 4.59. The maximum Gasteiger partial charge on any atom is 0.325 e. The number of aliphatic carboxylic acids is 1. The molecule has 0 aromatic carbocycles. The van der Waals surface area contributed by atoms with Gasteiger partial charge in [0.15, 0.2) is 0 Å². The number of nitrogens with one attached hydrogen (secondary N) is 1. The summed E-state index contributed by atoms with van der Waals surface area (Å²) in [7, 11) is 0. The highest BCUT2D eigenvalue weighted by molar-refractivity contribution is 5.93. The molecular weight excluding hydrogens is 198 g/mol. The van der Waals surface area contributed by atoms with Crippen LogP contribution in [0.1, 0.15) is 24.2 Å². The standard InChI is InChI=1S/C9H13N3O3/c1-6(2)11-9(15)7-3-10-12(4-7)5-8(13)14/h3-4,6H,5H2,1-2H3,(H,11,15)(H,13,14). The maximum atomic E-state index is 11.4. The van der Waals surface area contributed by atoms with Gasteiger partial charge in [0.05, 0.1) is 11.8 Å². The number of carbonyl (C=O) groups is 2. The number of amides is 1. The van der Waals surface area contributed by atoms with E-state index in [2.05, 4.69) is 10.4 Å². The van der Waals surface area contributed by atoms with Crippen molar-refractivity contribution in [2.45, 2.75) is 26.4 Å². The minimum Gasteiger partial charge on any atom is -0.480 e. The largest absolute Gasteiger partial charge is 0.480 e. The van der Waals surface area contributed by atoms with Crippen LogP contribution in [0.4, 0.5) is 0 Å². The maximum absolute atomic E-state index is 11.4. The molecule has 0 fully saturated rings. The lowest BCUT2D eigenvalue weighted by Gasteiger charge is -2.05. The lowest BCUT2D eigenvalue weighted by molar-refractivity contribution is -0.137. The van der Waals surface area contributed by atoms with Gasteiger partial charge in [0.25, 0.3) is 5.91 Å². The van der Waals surface area contributed by atoms with E-state index in [4.69, 9.17) is 5.11 Å². The number of hydrogen-bond acceptors (Lipinski definition) is 3. The van der Waals surface area contributed by atoms with E-state index < -0.39 is 5.97 Å². The lowest BCUT2D eigenvalue weighted by atomic mass is 10.3. The second-order valence-electron chi connectivity index (χ2n) is 3.45. The fourth-order valence-corrected chi connectivity index (χ4v) is 1.05. The van der Waals surface area contributed by atoms with E-state index >= 15 is 0 Å². The second-order valence-corrected chi connectivity index (χ2v) is 3.45. The molecule has 1 amide bonds. The molecule has 0 bridgehead atoms. The van der Waals surface area contributed by atoms with Gasteiger partial charge in [0.2, 0.25) is 0 Å². The van der Waals surface area contributed by atoms with Crippen LogP contribution in [0.3, 0.4) is 0 Å². The molecular formula is C9H13N3O3. The van der Waals surface area contributed by atoms with Gasteiger partial charge in [-0.3, -0.25) is 14.3 Å². The molecule has 15 heavy (non-hydrogen) atoms. The zero-order valence-electron chi connectivity index (χ0n) is 8.60. The minimum absolute atomic E-state index is 0.0420. The van der Waals surface area contributed by atoms with Crippen molar-refractivity contribution < 1.29 is 14.7 Å². The van der Waals surface area contributed by atoms with Crippen LogP contribution in [0, 0.1) is 0 Å². The topological polar surface area (TPSA) is 84.2 Å². The van der Waals surface area contributed by atoms with E-state index in [9.17, 15) is 9.59 Å². The molecule has 1 aromatic rings. The Morgan fingerprint density at radius 1 is 1.60 bits per heavy atom. The quantitative estimate of drug-likeness (QED) is 0.740. The number of carbonyl (C=O) groups excluding carboxylic acids is 1. The van der Waals surface area contributed by atoms with Gasteiger partial charge in [-0.2, -0.15) is 5.10 Å². The summed E-state index contributed by atoms with van der Waals surface area (Å²) >= 11 is 0. The van der Waals surface area contributed by atoms with Crippen molar-refractivity contribution in [3.8, 4) is 0 Å². The van der Waals surface area contributed by atoms with Gasteiger partial charge < -0.3 is 10.4 Å². The third-order valence-corrected chi connectivity index (χ3v) is 1.61. The SMILES string of the molecule is CC(C)NC(=O)c1cnn(CC(=O)O)c1. The molecule has 0 aliphatic carbocycles. The van der Waals surface area contributed by atoms with Crippen LogP contribution in [0.25, 0.3) is 0 Å². The fraction of sp³-hybridized carbons (Fsp3) is 0.444. The zero-order valence-corrected chi connectivity index (χ0v) is 8.60. The van der Waals surface area contributed by atoms with E-state index in [1.165, 1.54) is 17.1 Å². The Morgan fingerprint density at radius 2 is 2.27 bits per heavy atom. The zero-order chi connectivity index (χ0) is 11.4. The molecule has 0 aliphatic rings. The first-order valence-corrected chi connectivity index (χ1v) is 4.54. The van der Waals surface area contributed by atoms with Gasteiger partial charge in [0, 0.05) is 12.2 Å². The molecule has 0 unspecified atom stereocenters. The molecule has 0 radical (unpaired) electrons. The summed E-state index contributed by atoms with van der Waals surface area (Å²) in [6.07, 6.45) is 2.76. The first-order chi connectivity index (χ1) is 6.99. The molecule has 1 heterocycles. The Bertz CT molecular complexity index is 370.